The monoisotopic (exact) mass is 190 g/mol. The van der Waals surface area contributed by atoms with E-state index in [0.29, 0.717) is 6.54 Å². The first-order valence-corrected chi connectivity index (χ1v) is 4.75. The molecule has 0 spiro atoms. The number of hydrogen-bond acceptors (Lipinski definition) is 2. The summed E-state index contributed by atoms with van der Waals surface area (Å²) in [6.07, 6.45) is 6.79. The molecule has 0 aliphatic rings. The molecule has 0 bridgehead atoms. The van der Waals surface area contributed by atoms with E-state index in [1.807, 2.05) is 18.3 Å². The molecule has 3 nitrogen and oxygen atoms in total. The minimum atomic E-state index is 0.699. The maximum absolute atomic E-state index is 5.48. The first kappa shape index (κ1) is 9.09. The molecule has 0 atom stereocenters. The van der Waals surface area contributed by atoms with E-state index in [1.54, 1.807) is 6.26 Å². The largest absolute Gasteiger partial charge is 0.467 e. The second-order valence-electron chi connectivity index (χ2n) is 3.31. The van der Waals surface area contributed by atoms with Crippen LogP contribution < -0.4 is 5.73 Å². The Labute approximate surface area is 83.1 Å². The summed E-state index contributed by atoms with van der Waals surface area (Å²) in [5, 5.41) is 0. The molecule has 2 aromatic heterocycles. The van der Waals surface area contributed by atoms with Crippen molar-refractivity contribution in [3.8, 4) is 0 Å². The van der Waals surface area contributed by atoms with Gasteiger partial charge in [-0.2, -0.15) is 0 Å². The molecule has 14 heavy (non-hydrogen) atoms. The van der Waals surface area contributed by atoms with Crippen LogP contribution in [0.15, 0.2) is 41.3 Å². The van der Waals surface area contributed by atoms with Crippen molar-refractivity contribution in [2.45, 2.75) is 13.0 Å². The number of nitrogens with zero attached hydrogens (tertiary/aromatic N) is 1. The van der Waals surface area contributed by atoms with E-state index in [1.165, 1.54) is 5.56 Å². The molecule has 0 amide bonds. The van der Waals surface area contributed by atoms with Gasteiger partial charge in [0.1, 0.15) is 5.76 Å². The number of nitrogens with two attached hydrogens (primary N) is 1. The average Bonchev–Trinajstić information content (AvgIpc) is 2.79. The molecular formula is C11H14N2O. The van der Waals surface area contributed by atoms with Crippen LogP contribution in [0, 0.1) is 0 Å². The number of hydrogen-bond donors (Lipinski definition) is 1. The van der Waals surface area contributed by atoms with Crippen molar-refractivity contribution < 1.29 is 4.42 Å². The lowest BCUT2D eigenvalue weighted by Crippen LogP contribution is -2.02. The molecule has 0 saturated carbocycles. The van der Waals surface area contributed by atoms with E-state index >= 15 is 0 Å². The molecule has 3 heteroatoms. The zero-order valence-electron chi connectivity index (χ0n) is 8.02. The standard InChI is InChI=1S/C11H14N2O/c12-5-3-10-4-6-13(8-10)9-11-2-1-7-14-11/h1-2,4,6-8H,3,5,9,12H2. The molecule has 0 radical (unpaired) electrons. The Balaban J connectivity index is 2.03. The smallest absolute Gasteiger partial charge is 0.123 e. The van der Waals surface area contributed by atoms with E-state index in [-0.39, 0.29) is 0 Å². The molecule has 0 unspecified atom stereocenters. The van der Waals surface area contributed by atoms with Gasteiger partial charge in [-0.1, -0.05) is 0 Å². The molecule has 0 fully saturated rings. The summed E-state index contributed by atoms with van der Waals surface area (Å²) in [7, 11) is 0. The van der Waals surface area contributed by atoms with Crippen LogP contribution in [0.1, 0.15) is 11.3 Å². The van der Waals surface area contributed by atoms with Crippen LogP contribution in [0.4, 0.5) is 0 Å². The van der Waals surface area contributed by atoms with E-state index in [0.717, 1.165) is 18.7 Å². The number of aromatic nitrogens is 1. The van der Waals surface area contributed by atoms with Gasteiger partial charge >= 0.3 is 0 Å². The van der Waals surface area contributed by atoms with Crippen molar-refractivity contribution in [2.24, 2.45) is 5.73 Å². The molecule has 0 aromatic carbocycles. The van der Waals surface area contributed by atoms with Crippen molar-refractivity contribution in [3.63, 3.8) is 0 Å². The Morgan fingerprint density at radius 3 is 3.00 bits per heavy atom. The quantitative estimate of drug-likeness (QED) is 0.796. The zero-order valence-corrected chi connectivity index (χ0v) is 8.02. The Morgan fingerprint density at radius 2 is 2.29 bits per heavy atom. The number of furan rings is 1. The van der Waals surface area contributed by atoms with Gasteiger partial charge in [-0.25, -0.2) is 0 Å². The molecule has 0 saturated heterocycles. The second-order valence-corrected chi connectivity index (χ2v) is 3.31. The highest BCUT2D eigenvalue weighted by Crippen LogP contribution is 2.06. The van der Waals surface area contributed by atoms with Crippen LogP contribution in [0.3, 0.4) is 0 Å². The van der Waals surface area contributed by atoms with E-state index in [2.05, 4.69) is 16.8 Å². The fraction of sp³-hybridized carbons (Fsp3) is 0.273. The Kier molecular flexibility index (Phi) is 2.70. The van der Waals surface area contributed by atoms with Gasteiger partial charge in [0.2, 0.25) is 0 Å². The maximum atomic E-state index is 5.48. The summed E-state index contributed by atoms with van der Waals surface area (Å²) in [5.41, 5.74) is 6.75. The van der Waals surface area contributed by atoms with Crippen LogP contribution in [-0.2, 0) is 13.0 Å². The first-order valence-electron chi connectivity index (χ1n) is 4.75. The summed E-state index contributed by atoms with van der Waals surface area (Å²) in [4.78, 5) is 0. The molecule has 0 aliphatic heterocycles. The molecule has 2 heterocycles. The van der Waals surface area contributed by atoms with Gasteiger partial charge in [-0.15, -0.1) is 0 Å². The average molecular weight is 190 g/mol. The third kappa shape index (κ3) is 2.06. The topological polar surface area (TPSA) is 44.1 Å². The van der Waals surface area contributed by atoms with Gasteiger partial charge < -0.3 is 14.7 Å². The molecule has 2 N–H and O–H groups in total. The van der Waals surface area contributed by atoms with Crippen molar-refractivity contribution in [1.29, 1.82) is 0 Å². The molecular weight excluding hydrogens is 176 g/mol. The summed E-state index contributed by atoms with van der Waals surface area (Å²) >= 11 is 0. The van der Waals surface area contributed by atoms with E-state index in [4.69, 9.17) is 10.2 Å². The van der Waals surface area contributed by atoms with Crippen LogP contribution in [0.2, 0.25) is 0 Å². The van der Waals surface area contributed by atoms with Crippen molar-refractivity contribution in [1.82, 2.24) is 4.57 Å². The summed E-state index contributed by atoms with van der Waals surface area (Å²) in [5.74, 6) is 0.972. The van der Waals surface area contributed by atoms with Crippen LogP contribution >= 0.6 is 0 Å². The van der Waals surface area contributed by atoms with Crippen LogP contribution in [0.5, 0.6) is 0 Å². The Morgan fingerprint density at radius 1 is 1.36 bits per heavy atom. The maximum Gasteiger partial charge on any atom is 0.123 e. The molecule has 2 aromatic rings. The van der Waals surface area contributed by atoms with E-state index < -0.39 is 0 Å². The fourth-order valence-corrected chi connectivity index (χ4v) is 1.49. The lowest BCUT2D eigenvalue weighted by Gasteiger charge is -1.98. The van der Waals surface area contributed by atoms with Gasteiger partial charge in [0, 0.05) is 12.4 Å². The van der Waals surface area contributed by atoms with Gasteiger partial charge in [-0.05, 0) is 36.7 Å². The normalized spacial score (nSPS) is 10.6. The molecule has 0 aliphatic carbocycles. The summed E-state index contributed by atoms with van der Waals surface area (Å²) in [6, 6.07) is 5.97. The lowest BCUT2D eigenvalue weighted by molar-refractivity contribution is 0.494. The first-order chi connectivity index (χ1) is 6.88. The minimum absolute atomic E-state index is 0.699. The highest BCUT2D eigenvalue weighted by molar-refractivity contribution is 5.12. The lowest BCUT2D eigenvalue weighted by atomic mass is 10.2. The second kappa shape index (κ2) is 4.15. The number of rotatable bonds is 4. The highest BCUT2D eigenvalue weighted by Gasteiger charge is 1.98. The van der Waals surface area contributed by atoms with Gasteiger partial charge in [0.05, 0.1) is 12.8 Å². The highest BCUT2D eigenvalue weighted by atomic mass is 16.3. The fourth-order valence-electron chi connectivity index (χ4n) is 1.49. The van der Waals surface area contributed by atoms with Crippen LogP contribution in [0.25, 0.3) is 0 Å². The van der Waals surface area contributed by atoms with Gasteiger partial charge in [0.15, 0.2) is 0 Å². The summed E-state index contributed by atoms with van der Waals surface area (Å²) in [6.45, 7) is 1.49. The van der Waals surface area contributed by atoms with E-state index in [9.17, 15) is 0 Å². The summed E-state index contributed by atoms with van der Waals surface area (Å²) < 4.78 is 7.36. The third-order valence-corrected chi connectivity index (χ3v) is 2.16. The Hall–Kier alpha value is -1.48. The SMILES string of the molecule is NCCc1ccn(Cc2ccco2)c1. The van der Waals surface area contributed by atoms with Gasteiger partial charge in [-0.3, -0.25) is 0 Å². The molecule has 2 rings (SSSR count). The van der Waals surface area contributed by atoms with Crippen molar-refractivity contribution >= 4 is 0 Å². The van der Waals surface area contributed by atoms with Crippen LogP contribution in [-0.4, -0.2) is 11.1 Å². The van der Waals surface area contributed by atoms with Gasteiger partial charge in [0.25, 0.3) is 0 Å². The zero-order chi connectivity index (χ0) is 9.80. The predicted octanol–water partition coefficient (Wildman–Crippen LogP) is 1.63. The van der Waals surface area contributed by atoms with Crippen molar-refractivity contribution in [3.05, 3.63) is 48.2 Å². The minimum Gasteiger partial charge on any atom is -0.467 e. The van der Waals surface area contributed by atoms with Crippen molar-refractivity contribution in [2.75, 3.05) is 6.54 Å². The third-order valence-electron chi connectivity index (χ3n) is 2.16. The molecule has 74 valence electrons. The predicted molar refractivity (Wildman–Crippen MR) is 55.0 cm³/mol. The Bertz CT molecular complexity index is 376.